The Labute approximate surface area is 114 Å². The lowest BCUT2D eigenvalue weighted by Gasteiger charge is -2.00. The molecule has 0 saturated carbocycles. The fraction of sp³-hybridized carbons (Fsp3) is 0.0833. The Morgan fingerprint density at radius 3 is 2.44 bits per heavy atom. The van der Waals surface area contributed by atoms with Gasteiger partial charge in [-0.2, -0.15) is 0 Å². The number of carbonyl (C=O) groups is 1. The summed E-state index contributed by atoms with van der Waals surface area (Å²) in [4.78, 5) is 11.3. The molecule has 1 atom stereocenters. The minimum Gasteiger partial charge on any atom is -0.475 e. The summed E-state index contributed by atoms with van der Waals surface area (Å²) in [5, 5.41) is 8.71. The predicted octanol–water partition coefficient (Wildman–Crippen LogP) is 3.05. The number of furan rings is 1. The van der Waals surface area contributed by atoms with Gasteiger partial charge < -0.3 is 9.52 Å². The van der Waals surface area contributed by atoms with E-state index in [0.29, 0.717) is 10.7 Å². The molecule has 94 valence electrons. The summed E-state index contributed by atoms with van der Waals surface area (Å²) in [6, 6.07) is 10.00. The molecule has 0 aliphatic heterocycles. The van der Waals surface area contributed by atoms with Gasteiger partial charge in [0.05, 0.1) is 16.6 Å². The first-order valence-electron chi connectivity index (χ1n) is 5.02. The molecular formula is C12H9BrO4S. The molecule has 0 spiro atoms. The largest absolute Gasteiger partial charge is 0.475 e. The Kier molecular flexibility index (Phi) is 3.98. The molecule has 4 nitrogen and oxygen atoms in total. The molecule has 0 bridgehead atoms. The fourth-order valence-electron chi connectivity index (χ4n) is 1.37. The minimum absolute atomic E-state index is 0.141. The van der Waals surface area contributed by atoms with Crippen LogP contribution in [0.4, 0.5) is 0 Å². The second-order valence-corrected chi connectivity index (χ2v) is 5.88. The van der Waals surface area contributed by atoms with E-state index >= 15 is 0 Å². The molecule has 2 aromatic rings. The Bertz CT molecular complexity index is 588. The van der Waals surface area contributed by atoms with Crippen molar-refractivity contribution >= 4 is 32.7 Å². The quantitative estimate of drug-likeness (QED) is 0.936. The maximum Gasteiger partial charge on any atom is 0.371 e. The van der Waals surface area contributed by atoms with Crippen LogP contribution in [0.5, 0.6) is 0 Å². The average Bonchev–Trinajstić information content (AvgIpc) is 2.78. The van der Waals surface area contributed by atoms with Gasteiger partial charge in [0.2, 0.25) is 5.76 Å². The van der Waals surface area contributed by atoms with Gasteiger partial charge in [0, 0.05) is 9.37 Å². The topological polar surface area (TPSA) is 67.5 Å². The second-order valence-electron chi connectivity index (χ2n) is 3.51. The van der Waals surface area contributed by atoms with E-state index in [1.54, 1.807) is 24.3 Å². The molecule has 18 heavy (non-hydrogen) atoms. The standard InChI is InChI=1S/C12H9BrO4S/c13-8-1-4-10(5-2-8)18(16)7-9-3-6-11(17-9)12(14)15/h1-6H,7H2,(H,14,15)/t18-/m1/s1. The van der Waals surface area contributed by atoms with Gasteiger partial charge in [0.25, 0.3) is 0 Å². The Hall–Kier alpha value is -1.40. The normalized spacial score (nSPS) is 12.3. The van der Waals surface area contributed by atoms with E-state index in [-0.39, 0.29) is 11.5 Å². The van der Waals surface area contributed by atoms with Crippen LogP contribution in [0.3, 0.4) is 0 Å². The first kappa shape index (κ1) is 13.0. The minimum atomic E-state index is -1.25. The third-order valence-electron chi connectivity index (χ3n) is 2.22. The predicted molar refractivity (Wildman–Crippen MR) is 69.9 cm³/mol. The molecule has 1 heterocycles. The Morgan fingerprint density at radius 2 is 1.89 bits per heavy atom. The highest BCUT2D eigenvalue weighted by Gasteiger charge is 2.12. The SMILES string of the molecule is O=C(O)c1ccc(C[S@@](=O)c2ccc(Br)cc2)o1. The molecule has 0 unspecified atom stereocenters. The molecule has 0 saturated heterocycles. The molecule has 0 aliphatic rings. The summed E-state index contributed by atoms with van der Waals surface area (Å²) in [5.74, 6) is -0.711. The lowest BCUT2D eigenvalue weighted by atomic mass is 10.4. The van der Waals surface area contributed by atoms with Crippen LogP contribution in [0.25, 0.3) is 0 Å². The second kappa shape index (κ2) is 5.49. The Balaban J connectivity index is 2.11. The molecule has 1 aromatic carbocycles. The highest BCUT2D eigenvalue weighted by Crippen LogP contribution is 2.17. The number of halogens is 1. The van der Waals surface area contributed by atoms with E-state index in [4.69, 9.17) is 9.52 Å². The van der Waals surface area contributed by atoms with Crippen LogP contribution in [0.1, 0.15) is 16.3 Å². The van der Waals surface area contributed by atoms with Gasteiger partial charge >= 0.3 is 5.97 Å². The molecule has 0 radical (unpaired) electrons. The van der Waals surface area contributed by atoms with Gasteiger partial charge in [-0.25, -0.2) is 4.79 Å². The Morgan fingerprint density at radius 1 is 1.22 bits per heavy atom. The van der Waals surface area contributed by atoms with Crippen molar-refractivity contribution < 1.29 is 18.5 Å². The van der Waals surface area contributed by atoms with Crippen LogP contribution in [0, 0.1) is 0 Å². The molecular weight excluding hydrogens is 320 g/mol. The zero-order chi connectivity index (χ0) is 13.1. The highest BCUT2D eigenvalue weighted by atomic mass is 79.9. The monoisotopic (exact) mass is 328 g/mol. The van der Waals surface area contributed by atoms with Gasteiger partial charge in [0.15, 0.2) is 0 Å². The summed E-state index contributed by atoms with van der Waals surface area (Å²) in [6.07, 6.45) is 0. The number of rotatable bonds is 4. The van der Waals surface area contributed by atoms with Gasteiger partial charge in [0.1, 0.15) is 5.76 Å². The summed E-state index contributed by atoms with van der Waals surface area (Å²) >= 11 is 3.30. The van der Waals surface area contributed by atoms with Crippen molar-refractivity contribution in [1.29, 1.82) is 0 Å². The lowest BCUT2D eigenvalue weighted by molar-refractivity contribution is 0.0661. The maximum atomic E-state index is 12.0. The van der Waals surface area contributed by atoms with E-state index in [2.05, 4.69) is 15.9 Å². The summed E-state index contributed by atoms with van der Waals surface area (Å²) < 4.78 is 18.0. The highest BCUT2D eigenvalue weighted by molar-refractivity contribution is 9.10. The summed E-state index contributed by atoms with van der Waals surface area (Å²) in [7, 11) is -1.25. The van der Waals surface area contributed by atoms with Gasteiger partial charge in [-0.3, -0.25) is 4.21 Å². The van der Waals surface area contributed by atoms with Crippen molar-refractivity contribution in [3.63, 3.8) is 0 Å². The molecule has 2 rings (SSSR count). The summed E-state index contributed by atoms with van der Waals surface area (Å²) in [6.45, 7) is 0. The smallest absolute Gasteiger partial charge is 0.371 e. The molecule has 0 fully saturated rings. The molecule has 0 amide bonds. The van der Waals surface area contributed by atoms with Gasteiger partial charge in [-0.1, -0.05) is 15.9 Å². The van der Waals surface area contributed by atoms with Crippen molar-refractivity contribution in [2.24, 2.45) is 0 Å². The van der Waals surface area contributed by atoms with Crippen molar-refractivity contribution in [3.05, 3.63) is 52.4 Å². The average molecular weight is 329 g/mol. The molecule has 6 heteroatoms. The number of aromatic carboxylic acids is 1. The molecule has 0 aliphatic carbocycles. The third kappa shape index (κ3) is 3.08. The first-order valence-corrected chi connectivity index (χ1v) is 7.13. The van der Waals surface area contributed by atoms with E-state index in [0.717, 1.165) is 4.47 Å². The number of carboxylic acid groups (broad SMARTS) is 1. The fourth-order valence-corrected chi connectivity index (χ4v) is 2.65. The zero-order valence-corrected chi connectivity index (χ0v) is 11.5. The molecule has 1 aromatic heterocycles. The summed E-state index contributed by atoms with van der Waals surface area (Å²) in [5.41, 5.74) is 0. The van der Waals surface area contributed by atoms with Crippen molar-refractivity contribution in [2.45, 2.75) is 10.6 Å². The van der Waals surface area contributed by atoms with Crippen LogP contribution in [-0.4, -0.2) is 15.3 Å². The third-order valence-corrected chi connectivity index (χ3v) is 4.10. The number of benzene rings is 1. The lowest BCUT2D eigenvalue weighted by Crippen LogP contribution is -1.96. The van der Waals surface area contributed by atoms with Gasteiger partial charge in [-0.15, -0.1) is 0 Å². The van der Waals surface area contributed by atoms with E-state index in [1.165, 1.54) is 12.1 Å². The van der Waals surface area contributed by atoms with Crippen LogP contribution in [0.15, 0.2) is 50.2 Å². The number of hydrogen-bond donors (Lipinski definition) is 1. The van der Waals surface area contributed by atoms with Gasteiger partial charge in [-0.05, 0) is 36.4 Å². The zero-order valence-electron chi connectivity index (χ0n) is 9.13. The van der Waals surface area contributed by atoms with Crippen molar-refractivity contribution in [2.75, 3.05) is 0 Å². The van der Waals surface area contributed by atoms with Crippen molar-refractivity contribution in [1.82, 2.24) is 0 Å². The van der Waals surface area contributed by atoms with E-state index in [9.17, 15) is 9.00 Å². The van der Waals surface area contributed by atoms with Crippen LogP contribution < -0.4 is 0 Å². The van der Waals surface area contributed by atoms with Crippen molar-refractivity contribution in [3.8, 4) is 0 Å². The maximum absolute atomic E-state index is 12.0. The first-order chi connectivity index (χ1) is 8.56. The number of hydrogen-bond acceptors (Lipinski definition) is 3. The van der Waals surface area contributed by atoms with E-state index in [1.807, 2.05) is 0 Å². The molecule has 1 N–H and O–H groups in total. The number of carboxylic acids is 1. The van der Waals surface area contributed by atoms with Crippen LogP contribution >= 0.6 is 15.9 Å². The van der Waals surface area contributed by atoms with Crippen LogP contribution in [-0.2, 0) is 16.6 Å². The van der Waals surface area contributed by atoms with Crippen LogP contribution in [0.2, 0.25) is 0 Å². The van der Waals surface area contributed by atoms with E-state index < -0.39 is 16.8 Å².